The smallest absolute Gasteiger partial charge is 0.156 e. The molecule has 4 rings (SSSR count). The van der Waals surface area contributed by atoms with E-state index in [1.54, 1.807) is 6.92 Å². The lowest BCUT2D eigenvalue weighted by Crippen LogP contribution is -2.46. The minimum Gasteiger partial charge on any atom is -0.295 e. The number of rotatable bonds is 1. The van der Waals surface area contributed by atoms with E-state index in [-0.39, 0.29) is 11.2 Å². The summed E-state index contributed by atoms with van der Waals surface area (Å²) in [5.74, 6) is 3.44. The molecule has 2 saturated carbocycles. The zero-order chi connectivity index (χ0) is 15.5. The first-order valence-electron chi connectivity index (χ1n) is 8.95. The second-order valence-electron chi connectivity index (χ2n) is 8.17. The normalized spacial score (nSPS) is 43.6. The molecular weight excluding hydrogens is 272 g/mol. The van der Waals surface area contributed by atoms with Crippen molar-refractivity contribution in [1.82, 2.24) is 0 Å². The van der Waals surface area contributed by atoms with E-state index in [0.717, 1.165) is 49.5 Å². The molecule has 0 amide bonds. The molecule has 2 heteroatoms. The molecule has 4 aliphatic carbocycles. The van der Waals surface area contributed by atoms with Crippen molar-refractivity contribution in [1.29, 1.82) is 0 Å². The van der Waals surface area contributed by atoms with Gasteiger partial charge in [0.05, 0.1) is 0 Å². The van der Waals surface area contributed by atoms with Crippen LogP contribution >= 0.6 is 0 Å². The van der Waals surface area contributed by atoms with Gasteiger partial charge in [0, 0.05) is 6.42 Å². The second kappa shape index (κ2) is 4.91. The molecule has 0 aromatic heterocycles. The second-order valence-corrected chi connectivity index (χ2v) is 8.17. The van der Waals surface area contributed by atoms with Gasteiger partial charge >= 0.3 is 0 Å². The van der Waals surface area contributed by atoms with Crippen LogP contribution in [0.15, 0.2) is 23.3 Å². The minimum absolute atomic E-state index is 0.124. The van der Waals surface area contributed by atoms with E-state index in [2.05, 4.69) is 13.0 Å². The van der Waals surface area contributed by atoms with E-state index in [1.165, 1.54) is 18.4 Å². The van der Waals surface area contributed by atoms with Crippen LogP contribution in [0.25, 0.3) is 0 Å². The molecule has 2 nitrogen and oxygen atoms in total. The maximum atomic E-state index is 12.0. The van der Waals surface area contributed by atoms with Crippen LogP contribution in [0.5, 0.6) is 0 Å². The Balaban J connectivity index is 1.63. The Morgan fingerprint density at radius 2 is 2.00 bits per heavy atom. The summed E-state index contributed by atoms with van der Waals surface area (Å²) in [5.41, 5.74) is 2.67. The molecule has 0 bridgehead atoms. The quantitative estimate of drug-likeness (QED) is 0.725. The van der Waals surface area contributed by atoms with Crippen molar-refractivity contribution < 1.29 is 9.59 Å². The predicted octanol–water partition coefficient (Wildman–Crippen LogP) is 4.25. The van der Waals surface area contributed by atoms with Gasteiger partial charge in [0.2, 0.25) is 0 Å². The number of Topliss-reactive ketones (excluding diaryl/α,β-unsaturated/α-hetero) is 1. The van der Waals surface area contributed by atoms with Gasteiger partial charge in [-0.15, -0.1) is 0 Å². The van der Waals surface area contributed by atoms with Crippen LogP contribution in [-0.4, -0.2) is 11.6 Å². The van der Waals surface area contributed by atoms with Gasteiger partial charge in [-0.2, -0.15) is 0 Å². The van der Waals surface area contributed by atoms with E-state index in [9.17, 15) is 9.59 Å². The molecule has 0 aromatic carbocycles. The highest BCUT2D eigenvalue weighted by Gasteiger charge is 2.54. The molecule has 0 aromatic rings. The number of fused-ring (bicyclic) bond motifs is 5. The highest BCUT2D eigenvalue weighted by molar-refractivity contribution is 5.95. The zero-order valence-electron chi connectivity index (χ0n) is 13.7. The first-order valence-corrected chi connectivity index (χ1v) is 8.95. The van der Waals surface area contributed by atoms with Gasteiger partial charge < -0.3 is 0 Å². The molecular formula is C20H26O2. The Morgan fingerprint density at radius 3 is 2.77 bits per heavy atom. The Bertz CT molecular complexity index is 597. The molecule has 5 atom stereocenters. The maximum absolute atomic E-state index is 12.0. The topological polar surface area (TPSA) is 34.1 Å². The highest BCUT2D eigenvalue weighted by Crippen LogP contribution is 2.61. The number of carbonyl (C=O) groups is 2. The fourth-order valence-electron chi connectivity index (χ4n) is 6.29. The van der Waals surface area contributed by atoms with Crippen LogP contribution in [0.2, 0.25) is 0 Å². The standard InChI is InChI=1S/C20H26O2/c1-12(21)18-7-8-19-17-5-3-13-11-14(22)4-6-15(13)16(17)9-10-20(18,19)2/h7,11,15-17,19H,3-6,8-10H2,1-2H3. The molecule has 0 saturated heterocycles. The van der Waals surface area contributed by atoms with Crippen molar-refractivity contribution >= 4 is 11.6 Å². The Labute approximate surface area is 133 Å². The van der Waals surface area contributed by atoms with Gasteiger partial charge in [-0.25, -0.2) is 0 Å². The average Bonchev–Trinajstić information content (AvgIpc) is 2.84. The SMILES string of the molecule is CC(=O)C1=CCC2C3CCC4=CC(=O)CCC4C3CCC12C. The van der Waals surface area contributed by atoms with Gasteiger partial charge in [0.1, 0.15) is 0 Å². The number of hydrogen-bond acceptors (Lipinski definition) is 2. The Kier molecular flexibility index (Phi) is 3.22. The molecule has 118 valence electrons. The van der Waals surface area contributed by atoms with Gasteiger partial charge in [0.15, 0.2) is 11.6 Å². The van der Waals surface area contributed by atoms with Gasteiger partial charge in [-0.3, -0.25) is 9.59 Å². The van der Waals surface area contributed by atoms with Crippen molar-refractivity contribution in [3.05, 3.63) is 23.3 Å². The highest BCUT2D eigenvalue weighted by atomic mass is 16.1. The lowest BCUT2D eigenvalue weighted by molar-refractivity contribution is -0.117. The van der Waals surface area contributed by atoms with E-state index >= 15 is 0 Å². The molecule has 0 radical (unpaired) electrons. The summed E-state index contributed by atoms with van der Waals surface area (Å²) in [5, 5.41) is 0. The van der Waals surface area contributed by atoms with Gasteiger partial charge in [-0.1, -0.05) is 18.6 Å². The third-order valence-corrected chi connectivity index (χ3v) is 7.26. The number of ketones is 2. The number of hydrogen-bond donors (Lipinski definition) is 0. The van der Waals surface area contributed by atoms with Crippen molar-refractivity contribution in [2.24, 2.45) is 29.1 Å². The summed E-state index contributed by atoms with van der Waals surface area (Å²) in [6.45, 7) is 4.07. The van der Waals surface area contributed by atoms with Crippen LogP contribution in [-0.2, 0) is 9.59 Å². The lowest BCUT2D eigenvalue weighted by Gasteiger charge is -2.53. The van der Waals surface area contributed by atoms with Crippen LogP contribution in [0.4, 0.5) is 0 Å². The third-order valence-electron chi connectivity index (χ3n) is 7.26. The van der Waals surface area contributed by atoms with E-state index < -0.39 is 0 Å². The maximum Gasteiger partial charge on any atom is 0.156 e. The van der Waals surface area contributed by atoms with Crippen LogP contribution < -0.4 is 0 Å². The third kappa shape index (κ3) is 1.92. The minimum atomic E-state index is 0.124. The summed E-state index contributed by atoms with van der Waals surface area (Å²) in [6.07, 6.45) is 11.8. The van der Waals surface area contributed by atoms with Crippen LogP contribution in [0.1, 0.15) is 58.8 Å². The summed E-state index contributed by atoms with van der Waals surface area (Å²) in [7, 11) is 0. The summed E-state index contributed by atoms with van der Waals surface area (Å²) >= 11 is 0. The summed E-state index contributed by atoms with van der Waals surface area (Å²) in [4.78, 5) is 23.7. The summed E-state index contributed by atoms with van der Waals surface area (Å²) < 4.78 is 0. The Morgan fingerprint density at radius 1 is 1.18 bits per heavy atom. The average molecular weight is 298 g/mol. The fourth-order valence-corrected chi connectivity index (χ4v) is 6.29. The van der Waals surface area contributed by atoms with Gasteiger partial charge in [-0.05, 0) is 86.2 Å². The molecule has 0 spiro atoms. The molecule has 22 heavy (non-hydrogen) atoms. The number of allylic oxidation sites excluding steroid dienone is 4. The first-order chi connectivity index (χ1) is 10.5. The molecule has 0 aliphatic heterocycles. The molecule has 4 aliphatic rings. The predicted molar refractivity (Wildman–Crippen MR) is 86.2 cm³/mol. The van der Waals surface area contributed by atoms with E-state index in [1.807, 2.05) is 6.08 Å². The summed E-state index contributed by atoms with van der Waals surface area (Å²) in [6, 6.07) is 0. The van der Waals surface area contributed by atoms with Crippen molar-refractivity contribution in [3.63, 3.8) is 0 Å². The first kappa shape index (κ1) is 14.4. The van der Waals surface area contributed by atoms with E-state index in [4.69, 9.17) is 0 Å². The van der Waals surface area contributed by atoms with Crippen molar-refractivity contribution in [2.75, 3.05) is 0 Å². The van der Waals surface area contributed by atoms with E-state index in [0.29, 0.717) is 17.6 Å². The monoisotopic (exact) mass is 298 g/mol. The fraction of sp³-hybridized carbons (Fsp3) is 0.700. The lowest BCUT2D eigenvalue weighted by atomic mass is 9.51. The zero-order valence-corrected chi connectivity index (χ0v) is 13.7. The largest absolute Gasteiger partial charge is 0.295 e. The molecule has 2 fully saturated rings. The van der Waals surface area contributed by atoms with Crippen LogP contribution in [0.3, 0.4) is 0 Å². The number of carbonyl (C=O) groups excluding carboxylic acids is 2. The van der Waals surface area contributed by atoms with Gasteiger partial charge in [0.25, 0.3) is 0 Å². The molecule has 0 heterocycles. The van der Waals surface area contributed by atoms with Crippen LogP contribution in [0, 0.1) is 29.1 Å². The Hall–Kier alpha value is -1.18. The molecule has 5 unspecified atom stereocenters. The van der Waals surface area contributed by atoms with Crippen molar-refractivity contribution in [3.8, 4) is 0 Å². The molecule has 0 N–H and O–H groups in total. The van der Waals surface area contributed by atoms with Crippen molar-refractivity contribution in [2.45, 2.75) is 58.8 Å².